The monoisotopic (exact) mass is 148 g/mol. The summed E-state index contributed by atoms with van der Waals surface area (Å²) in [5, 5.41) is 0. The lowest BCUT2D eigenvalue weighted by Gasteiger charge is -2.25. The van der Waals surface area contributed by atoms with Crippen LogP contribution in [0.1, 0.15) is 27.2 Å². The molecule has 0 N–H and O–H groups in total. The van der Waals surface area contributed by atoms with Crippen LogP contribution in [0.4, 0.5) is 0 Å². The molecule has 0 spiro atoms. The van der Waals surface area contributed by atoms with Crippen molar-refractivity contribution < 1.29 is 0 Å². The molecule has 2 aliphatic rings. The van der Waals surface area contributed by atoms with Gasteiger partial charge in [0, 0.05) is 0 Å². The Morgan fingerprint density at radius 1 is 1.27 bits per heavy atom. The number of fused-ring (bicyclic) bond motifs is 2. The summed E-state index contributed by atoms with van der Waals surface area (Å²) in [6.45, 7) is 6.94. The standard InChI is InChI=1S/C11H16/c1-11(2,3)10-7-8-4-5-9(10)6-8/h4-5,7-9H,6H2,1-3H3. The minimum atomic E-state index is 0.393. The van der Waals surface area contributed by atoms with Gasteiger partial charge in [0.05, 0.1) is 0 Å². The molecular formula is C11H16. The summed E-state index contributed by atoms with van der Waals surface area (Å²) >= 11 is 0. The minimum absolute atomic E-state index is 0.393. The third kappa shape index (κ3) is 1.05. The Hall–Kier alpha value is -0.520. The first-order chi connectivity index (χ1) is 5.07. The van der Waals surface area contributed by atoms with Crippen molar-refractivity contribution >= 4 is 0 Å². The van der Waals surface area contributed by atoms with Crippen molar-refractivity contribution in [1.82, 2.24) is 0 Å². The lowest BCUT2D eigenvalue weighted by Crippen LogP contribution is -2.13. The molecule has 2 bridgehead atoms. The third-order valence-electron chi connectivity index (χ3n) is 2.78. The molecule has 2 atom stereocenters. The maximum absolute atomic E-state index is 2.46. The fraction of sp³-hybridized carbons (Fsp3) is 0.636. The highest BCUT2D eigenvalue weighted by molar-refractivity contribution is 5.33. The summed E-state index contributed by atoms with van der Waals surface area (Å²) < 4.78 is 0. The molecule has 0 saturated carbocycles. The molecule has 0 amide bonds. The van der Waals surface area contributed by atoms with Crippen LogP contribution in [0.3, 0.4) is 0 Å². The van der Waals surface area contributed by atoms with E-state index >= 15 is 0 Å². The molecule has 0 radical (unpaired) electrons. The van der Waals surface area contributed by atoms with E-state index in [1.165, 1.54) is 6.42 Å². The van der Waals surface area contributed by atoms with Crippen molar-refractivity contribution in [2.75, 3.05) is 0 Å². The Labute approximate surface area is 69.0 Å². The zero-order chi connectivity index (χ0) is 8.06. The van der Waals surface area contributed by atoms with Crippen molar-refractivity contribution in [3.63, 3.8) is 0 Å². The van der Waals surface area contributed by atoms with E-state index in [4.69, 9.17) is 0 Å². The van der Waals surface area contributed by atoms with Crippen molar-refractivity contribution in [2.45, 2.75) is 27.2 Å². The van der Waals surface area contributed by atoms with Crippen LogP contribution in [0.25, 0.3) is 0 Å². The first-order valence-electron chi connectivity index (χ1n) is 4.48. The van der Waals surface area contributed by atoms with Crippen LogP contribution in [0.5, 0.6) is 0 Å². The van der Waals surface area contributed by atoms with E-state index in [0.29, 0.717) is 5.41 Å². The van der Waals surface area contributed by atoms with E-state index in [1.54, 1.807) is 5.57 Å². The van der Waals surface area contributed by atoms with Gasteiger partial charge < -0.3 is 0 Å². The first-order valence-corrected chi connectivity index (χ1v) is 4.48. The van der Waals surface area contributed by atoms with E-state index in [0.717, 1.165) is 11.8 Å². The molecule has 0 fully saturated rings. The van der Waals surface area contributed by atoms with E-state index < -0.39 is 0 Å². The predicted molar refractivity (Wildman–Crippen MR) is 48.3 cm³/mol. The largest absolute Gasteiger partial charge is 0.0810 e. The molecule has 2 unspecified atom stereocenters. The average molecular weight is 148 g/mol. The van der Waals surface area contributed by atoms with Crippen LogP contribution in [-0.4, -0.2) is 0 Å². The summed E-state index contributed by atoms with van der Waals surface area (Å²) in [4.78, 5) is 0. The van der Waals surface area contributed by atoms with Gasteiger partial charge >= 0.3 is 0 Å². The maximum atomic E-state index is 2.46. The van der Waals surface area contributed by atoms with Gasteiger partial charge in [0.1, 0.15) is 0 Å². The Balaban J connectivity index is 2.26. The van der Waals surface area contributed by atoms with Gasteiger partial charge in [0.15, 0.2) is 0 Å². The normalized spacial score (nSPS) is 34.6. The molecule has 0 saturated heterocycles. The smallest absolute Gasteiger partial charge is 0.000903 e. The summed E-state index contributed by atoms with van der Waals surface area (Å²) in [6.07, 6.45) is 8.54. The molecule has 0 aromatic carbocycles. The SMILES string of the molecule is CC(C)(C)C1=CC2C=CC1C2. The highest BCUT2D eigenvalue weighted by Gasteiger charge is 2.33. The van der Waals surface area contributed by atoms with Gasteiger partial charge in [-0.15, -0.1) is 0 Å². The second-order valence-electron chi connectivity index (χ2n) is 4.76. The Bertz CT molecular complexity index is 225. The lowest BCUT2D eigenvalue weighted by atomic mass is 9.80. The highest BCUT2D eigenvalue weighted by atomic mass is 14.4. The Morgan fingerprint density at radius 2 is 2.00 bits per heavy atom. The molecule has 0 heterocycles. The maximum Gasteiger partial charge on any atom is -0.000903 e. The van der Waals surface area contributed by atoms with Gasteiger partial charge in [-0.05, 0) is 23.7 Å². The molecule has 60 valence electrons. The van der Waals surface area contributed by atoms with Crippen molar-refractivity contribution in [3.05, 3.63) is 23.8 Å². The van der Waals surface area contributed by atoms with Crippen molar-refractivity contribution in [3.8, 4) is 0 Å². The van der Waals surface area contributed by atoms with Crippen molar-refractivity contribution in [1.29, 1.82) is 0 Å². The molecule has 2 rings (SSSR count). The molecule has 0 nitrogen and oxygen atoms in total. The predicted octanol–water partition coefficient (Wildman–Crippen LogP) is 3.16. The number of hydrogen-bond acceptors (Lipinski definition) is 0. The van der Waals surface area contributed by atoms with Gasteiger partial charge in [-0.3, -0.25) is 0 Å². The molecular weight excluding hydrogens is 132 g/mol. The summed E-state index contributed by atoms with van der Waals surface area (Å²) in [6, 6.07) is 0. The van der Waals surface area contributed by atoms with E-state index in [1.807, 2.05) is 0 Å². The fourth-order valence-electron chi connectivity index (χ4n) is 2.24. The summed E-state index contributed by atoms with van der Waals surface area (Å²) in [7, 11) is 0. The lowest BCUT2D eigenvalue weighted by molar-refractivity contribution is 0.462. The van der Waals surface area contributed by atoms with Crippen LogP contribution in [0, 0.1) is 17.3 Å². The van der Waals surface area contributed by atoms with Gasteiger partial charge in [-0.25, -0.2) is 0 Å². The number of hydrogen-bond donors (Lipinski definition) is 0. The van der Waals surface area contributed by atoms with Gasteiger partial charge in [-0.1, -0.05) is 44.6 Å². The molecule has 11 heavy (non-hydrogen) atoms. The van der Waals surface area contributed by atoms with Crippen LogP contribution < -0.4 is 0 Å². The zero-order valence-electron chi connectivity index (χ0n) is 7.59. The average Bonchev–Trinajstić information content (AvgIpc) is 2.42. The van der Waals surface area contributed by atoms with Crippen molar-refractivity contribution in [2.24, 2.45) is 17.3 Å². The Kier molecular flexibility index (Phi) is 1.30. The molecule has 2 aliphatic carbocycles. The van der Waals surface area contributed by atoms with Gasteiger partial charge in [-0.2, -0.15) is 0 Å². The molecule has 0 heteroatoms. The van der Waals surface area contributed by atoms with Crippen LogP contribution in [-0.2, 0) is 0 Å². The third-order valence-corrected chi connectivity index (χ3v) is 2.78. The van der Waals surface area contributed by atoms with E-state index in [-0.39, 0.29) is 0 Å². The molecule has 0 aliphatic heterocycles. The molecule has 0 aromatic heterocycles. The highest BCUT2D eigenvalue weighted by Crippen LogP contribution is 2.45. The van der Waals surface area contributed by atoms with E-state index in [2.05, 4.69) is 39.0 Å². The van der Waals surface area contributed by atoms with E-state index in [9.17, 15) is 0 Å². The second-order valence-corrected chi connectivity index (χ2v) is 4.76. The number of rotatable bonds is 0. The quantitative estimate of drug-likeness (QED) is 0.463. The summed E-state index contributed by atoms with van der Waals surface area (Å²) in [5.74, 6) is 1.55. The van der Waals surface area contributed by atoms with Gasteiger partial charge in [0.25, 0.3) is 0 Å². The topological polar surface area (TPSA) is 0 Å². The zero-order valence-corrected chi connectivity index (χ0v) is 7.59. The molecule has 0 aromatic rings. The van der Waals surface area contributed by atoms with Crippen LogP contribution in [0.2, 0.25) is 0 Å². The number of allylic oxidation sites excluding steroid dienone is 4. The first kappa shape index (κ1) is 7.15. The summed E-state index contributed by atoms with van der Waals surface area (Å²) in [5.41, 5.74) is 2.05. The minimum Gasteiger partial charge on any atom is -0.0810 e. The second kappa shape index (κ2) is 2.00. The fourth-order valence-corrected chi connectivity index (χ4v) is 2.24. The Morgan fingerprint density at radius 3 is 2.27 bits per heavy atom. The van der Waals surface area contributed by atoms with Gasteiger partial charge in [0.2, 0.25) is 0 Å². The van der Waals surface area contributed by atoms with Crippen LogP contribution >= 0.6 is 0 Å². The van der Waals surface area contributed by atoms with Crippen LogP contribution in [0.15, 0.2) is 23.8 Å².